The maximum atomic E-state index is 12.2. The fourth-order valence-corrected chi connectivity index (χ4v) is 3.44. The van der Waals surface area contributed by atoms with Gasteiger partial charge < -0.3 is 0 Å². The van der Waals surface area contributed by atoms with Gasteiger partial charge in [0.2, 0.25) is 0 Å². The summed E-state index contributed by atoms with van der Waals surface area (Å²) < 4.78 is 0. The molecule has 0 heterocycles. The highest BCUT2D eigenvalue weighted by molar-refractivity contribution is 6.11. The van der Waals surface area contributed by atoms with E-state index in [-0.39, 0.29) is 23.4 Å². The lowest BCUT2D eigenvalue weighted by Crippen LogP contribution is -2.37. The van der Waals surface area contributed by atoms with Crippen molar-refractivity contribution in [1.82, 2.24) is 0 Å². The molecule has 2 heteroatoms. The number of rotatable bonds is 2. The molecule has 82 valence electrons. The summed E-state index contributed by atoms with van der Waals surface area (Å²) in [5.41, 5.74) is 0.655. The zero-order valence-corrected chi connectivity index (χ0v) is 9.06. The number of allylic oxidation sites excluding steroid dienone is 5. The highest BCUT2D eigenvalue weighted by Crippen LogP contribution is 2.51. The Bertz CT molecular complexity index is 442. The summed E-state index contributed by atoms with van der Waals surface area (Å²) in [4.78, 5) is 24.2. The molecule has 0 N–H and O–H groups in total. The van der Waals surface area contributed by atoms with Gasteiger partial charge in [0, 0.05) is 17.4 Å². The third-order valence-corrected chi connectivity index (χ3v) is 4.09. The van der Waals surface area contributed by atoms with Gasteiger partial charge in [-0.2, -0.15) is 0 Å². The smallest absolute Gasteiger partial charge is 0.163 e. The highest BCUT2D eigenvalue weighted by atomic mass is 16.1. The predicted octanol–water partition coefficient (Wildman–Crippen LogP) is 2.08. The summed E-state index contributed by atoms with van der Waals surface area (Å²) in [6, 6.07) is 0. The Morgan fingerprint density at radius 2 is 1.94 bits per heavy atom. The van der Waals surface area contributed by atoms with E-state index in [1.165, 1.54) is 0 Å². The van der Waals surface area contributed by atoms with Crippen molar-refractivity contribution >= 4 is 11.6 Å². The molecule has 0 aliphatic heterocycles. The minimum Gasteiger partial charge on any atom is -0.294 e. The van der Waals surface area contributed by atoms with Gasteiger partial charge in [-0.15, -0.1) is 6.58 Å². The third kappa shape index (κ3) is 1.13. The summed E-state index contributed by atoms with van der Waals surface area (Å²) in [5, 5.41) is 0. The van der Waals surface area contributed by atoms with Crippen LogP contribution in [-0.2, 0) is 9.59 Å². The Morgan fingerprint density at radius 1 is 1.25 bits per heavy atom. The molecule has 0 aromatic rings. The number of Topliss-reactive ketones (excluding diaryl/α,β-unsaturated/α-hetero) is 1. The van der Waals surface area contributed by atoms with Gasteiger partial charge in [0.05, 0.1) is 0 Å². The van der Waals surface area contributed by atoms with Gasteiger partial charge in [0.1, 0.15) is 0 Å². The molecule has 0 amide bonds. The van der Waals surface area contributed by atoms with Gasteiger partial charge in [-0.3, -0.25) is 9.59 Å². The zero-order chi connectivity index (χ0) is 11.3. The third-order valence-electron chi connectivity index (χ3n) is 4.09. The second kappa shape index (κ2) is 3.27. The van der Waals surface area contributed by atoms with E-state index in [0.717, 1.165) is 6.42 Å². The van der Waals surface area contributed by atoms with Crippen molar-refractivity contribution in [2.75, 3.05) is 0 Å². The Morgan fingerprint density at radius 3 is 2.62 bits per heavy atom. The standard InChI is InChI=1S/C14H14O2/c1-2-3-10-7-11(15)12-8-4-5-9(6-8)13(12)14(10)16/h2,4-5,7-9,12-13H,1,3,6H2/t8-,9+,12+,13+/m1/s1. The average Bonchev–Trinajstić information content (AvgIpc) is 2.85. The number of hydrogen-bond donors (Lipinski definition) is 0. The molecule has 0 saturated heterocycles. The molecule has 0 aromatic heterocycles. The molecule has 1 saturated carbocycles. The van der Waals surface area contributed by atoms with E-state index in [0.29, 0.717) is 23.8 Å². The first-order valence-electron chi connectivity index (χ1n) is 5.80. The minimum atomic E-state index is -0.0672. The van der Waals surface area contributed by atoms with Crippen LogP contribution in [0.5, 0.6) is 0 Å². The molecule has 3 rings (SSSR count). The van der Waals surface area contributed by atoms with Gasteiger partial charge in [-0.05, 0) is 30.8 Å². The summed E-state index contributed by atoms with van der Waals surface area (Å²) in [6.45, 7) is 3.63. The second-order valence-electron chi connectivity index (χ2n) is 4.93. The fourth-order valence-electron chi connectivity index (χ4n) is 3.44. The van der Waals surface area contributed by atoms with E-state index in [4.69, 9.17) is 0 Å². The molecular weight excluding hydrogens is 200 g/mol. The minimum absolute atomic E-state index is 0.0592. The van der Waals surface area contributed by atoms with Crippen LogP contribution in [0.2, 0.25) is 0 Å². The number of fused-ring (bicyclic) bond motifs is 5. The predicted molar refractivity (Wildman–Crippen MR) is 60.6 cm³/mol. The second-order valence-corrected chi connectivity index (χ2v) is 4.93. The quantitative estimate of drug-likeness (QED) is 0.659. The van der Waals surface area contributed by atoms with Crippen LogP contribution in [0.3, 0.4) is 0 Å². The lowest BCUT2D eigenvalue weighted by atomic mass is 9.72. The Labute approximate surface area is 94.7 Å². The maximum Gasteiger partial charge on any atom is 0.163 e. The van der Waals surface area contributed by atoms with Crippen LogP contribution < -0.4 is 0 Å². The van der Waals surface area contributed by atoms with Crippen molar-refractivity contribution < 1.29 is 9.59 Å². The van der Waals surface area contributed by atoms with E-state index in [1.54, 1.807) is 12.2 Å². The topological polar surface area (TPSA) is 34.1 Å². The Balaban J connectivity index is 2.00. The van der Waals surface area contributed by atoms with E-state index in [2.05, 4.69) is 18.7 Å². The van der Waals surface area contributed by atoms with E-state index in [9.17, 15) is 9.59 Å². The lowest BCUT2D eigenvalue weighted by Gasteiger charge is -2.29. The number of carbonyl (C=O) groups is 2. The number of hydrogen-bond acceptors (Lipinski definition) is 2. The molecular formula is C14H14O2. The number of ketones is 2. The molecule has 0 unspecified atom stereocenters. The molecule has 0 aromatic carbocycles. The van der Waals surface area contributed by atoms with Crippen LogP contribution in [0.25, 0.3) is 0 Å². The van der Waals surface area contributed by atoms with Crippen LogP contribution in [0.1, 0.15) is 12.8 Å². The molecule has 16 heavy (non-hydrogen) atoms. The van der Waals surface area contributed by atoms with Crippen molar-refractivity contribution in [3.8, 4) is 0 Å². The highest BCUT2D eigenvalue weighted by Gasteiger charge is 2.52. The molecule has 2 nitrogen and oxygen atoms in total. The first-order chi connectivity index (χ1) is 7.72. The van der Waals surface area contributed by atoms with E-state index < -0.39 is 0 Å². The summed E-state index contributed by atoms with van der Waals surface area (Å²) in [5.74, 6) is 0.825. The van der Waals surface area contributed by atoms with Crippen molar-refractivity contribution in [2.24, 2.45) is 23.7 Å². The SMILES string of the molecule is C=CCC1=CC(=O)[C@H]2[C@@H](C1=O)[C@H]1C=C[C@@H]2C1. The van der Waals surface area contributed by atoms with Crippen LogP contribution in [0, 0.1) is 23.7 Å². The van der Waals surface area contributed by atoms with Crippen molar-refractivity contribution in [1.29, 1.82) is 0 Å². The first-order valence-corrected chi connectivity index (χ1v) is 5.80. The zero-order valence-electron chi connectivity index (χ0n) is 9.06. The van der Waals surface area contributed by atoms with Crippen molar-refractivity contribution in [3.05, 3.63) is 36.5 Å². The molecule has 1 fully saturated rings. The fraction of sp³-hybridized carbons (Fsp3) is 0.429. The largest absolute Gasteiger partial charge is 0.294 e. The van der Waals surface area contributed by atoms with Crippen molar-refractivity contribution in [2.45, 2.75) is 12.8 Å². The normalized spacial score (nSPS) is 39.9. The van der Waals surface area contributed by atoms with Crippen molar-refractivity contribution in [3.63, 3.8) is 0 Å². The van der Waals surface area contributed by atoms with E-state index in [1.807, 2.05) is 0 Å². The Hall–Kier alpha value is -1.44. The number of carbonyl (C=O) groups excluding carboxylic acids is 2. The van der Waals surface area contributed by atoms with E-state index >= 15 is 0 Å². The van der Waals surface area contributed by atoms with Crippen LogP contribution in [0.15, 0.2) is 36.5 Å². The molecule has 4 atom stereocenters. The summed E-state index contributed by atoms with van der Waals surface area (Å²) in [7, 11) is 0. The molecule has 3 aliphatic rings. The lowest BCUT2D eigenvalue weighted by molar-refractivity contribution is -0.130. The Kier molecular flexibility index (Phi) is 2.00. The van der Waals surface area contributed by atoms with Crippen LogP contribution >= 0.6 is 0 Å². The van der Waals surface area contributed by atoms with Crippen LogP contribution in [-0.4, -0.2) is 11.6 Å². The average molecular weight is 214 g/mol. The van der Waals surface area contributed by atoms with Crippen LogP contribution in [0.4, 0.5) is 0 Å². The maximum absolute atomic E-state index is 12.2. The molecule has 3 aliphatic carbocycles. The first kappa shape index (κ1) is 9.76. The van der Waals surface area contributed by atoms with Gasteiger partial charge in [-0.1, -0.05) is 18.2 Å². The molecule has 0 spiro atoms. The van der Waals surface area contributed by atoms with Gasteiger partial charge in [0.15, 0.2) is 11.6 Å². The summed E-state index contributed by atoms with van der Waals surface area (Å²) in [6.07, 6.45) is 8.99. The molecule has 2 bridgehead atoms. The van der Waals surface area contributed by atoms with Gasteiger partial charge >= 0.3 is 0 Å². The molecule has 0 radical (unpaired) electrons. The summed E-state index contributed by atoms with van der Waals surface area (Å²) >= 11 is 0. The van der Waals surface area contributed by atoms with Gasteiger partial charge in [-0.25, -0.2) is 0 Å². The monoisotopic (exact) mass is 214 g/mol. The van der Waals surface area contributed by atoms with Gasteiger partial charge in [0.25, 0.3) is 0 Å².